The molecule has 12 heteroatoms. The Morgan fingerprint density at radius 3 is 1.82 bits per heavy atom. The van der Waals surface area contributed by atoms with Crippen molar-refractivity contribution in [1.29, 1.82) is 0 Å². The molecule has 12 nitrogen and oxygen atoms in total. The molecule has 0 aliphatic carbocycles. The molecule has 1 rings (SSSR count). The van der Waals surface area contributed by atoms with Crippen LogP contribution in [-0.4, -0.2) is 126 Å². The topological polar surface area (TPSA) is 177 Å². The first kappa shape index (κ1) is 28.8. The monoisotopic (exact) mass is 473 g/mol. The summed E-state index contributed by atoms with van der Waals surface area (Å²) >= 11 is 0. The smallest absolute Gasteiger partial charge is 0.317 e. The second kappa shape index (κ2) is 16.4. The summed E-state index contributed by atoms with van der Waals surface area (Å²) < 4.78 is 0. The molecule has 1 unspecified atom stereocenters. The Balaban J connectivity index is 2.94. The average molecular weight is 474 g/mol. The van der Waals surface area contributed by atoms with E-state index in [1.165, 1.54) is 0 Å². The maximum atomic E-state index is 12.2. The summed E-state index contributed by atoms with van der Waals surface area (Å²) in [7, 11) is 0. The first-order valence-electron chi connectivity index (χ1n) is 11.5. The maximum absolute atomic E-state index is 12.2. The lowest BCUT2D eigenvalue weighted by Crippen LogP contribution is -2.45. The summed E-state index contributed by atoms with van der Waals surface area (Å²) in [6.45, 7) is 3.38. The SMILES string of the molecule is NCCNC(=O)CN1CCC(CCC(=O)O)CCCN(CC(=O)O)CCN(CC(=O)O)CC1. The molecule has 1 fully saturated rings. The van der Waals surface area contributed by atoms with Gasteiger partial charge in [0.15, 0.2) is 0 Å². The number of carboxylic acids is 3. The Labute approximate surface area is 194 Å². The van der Waals surface area contributed by atoms with Crippen LogP contribution < -0.4 is 11.1 Å². The van der Waals surface area contributed by atoms with Crippen LogP contribution >= 0.6 is 0 Å². The number of rotatable bonds is 11. The normalized spacial score (nSPS) is 20.2. The fraction of sp³-hybridized carbons (Fsp3) is 0.810. The van der Waals surface area contributed by atoms with Crippen LogP contribution in [0.1, 0.15) is 32.1 Å². The maximum Gasteiger partial charge on any atom is 0.317 e. The minimum atomic E-state index is -0.968. The van der Waals surface area contributed by atoms with Crippen LogP contribution in [0.25, 0.3) is 0 Å². The predicted molar refractivity (Wildman–Crippen MR) is 121 cm³/mol. The number of hydrogen-bond acceptors (Lipinski definition) is 8. The fourth-order valence-electron chi connectivity index (χ4n) is 3.96. The second-order valence-corrected chi connectivity index (χ2v) is 8.48. The average Bonchev–Trinajstić information content (AvgIpc) is 2.74. The first-order valence-corrected chi connectivity index (χ1v) is 11.5. The highest BCUT2D eigenvalue weighted by atomic mass is 16.4. The number of nitrogens with one attached hydrogen (secondary N) is 1. The fourth-order valence-corrected chi connectivity index (χ4v) is 3.96. The van der Waals surface area contributed by atoms with Gasteiger partial charge in [-0.1, -0.05) is 0 Å². The van der Waals surface area contributed by atoms with E-state index in [9.17, 15) is 29.4 Å². The molecule has 1 amide bonds. The molecular formula is C21H39N5O7. The van der Waals surface area contributed by atoms with Crippen molar-refractivity contribution in [3.05, 3.63) is 0 Å². The van der Waals surface area contributed by atoms with Gasteiger partial charge in [0.2, 0.25) is 5.91 Å². The number of carbonyl (C=O) groups excluding carboxylic acids is 1. The Kier molecular flexibility index (Phi) is 14.2. The second-order valence-electron chi connectivity index (χ2n) is 8.48. The molecule has 0 spiro atoms. The summed E-state index contributed by atoms with van der Waals surface area (Å²) in [5.74, 6) is -2.79. The first-order chi connectivity index (χ1) is 15.7. The van der Waals surface area contributed by atoms with Crippen LogP contribution in [0, 0.1) is 5.92 Å². The molecule has 33 heavy (non-hydrogen) atoms. The van der Waals surface area contributed by atoms with E-state index < -0.39 is 17.9 Å². The van der Waals surface area contributed by atoms with Crippen molar-refractivity contribution in [3.8, 4) is 0 Å². The van der Waals surface area contributed by atoms with E-state index in [1.54, 1.807) is 9.80 Å². The molecule has 1 aliphatic heterocycles. The third-order valence-electron chi connectivity index (χ3n) is 5.72. The van der Waals surface area contributed by atoms with Gasteiger partial charge in [0.05, 0.1) is 19.6 Å². The molecule has 0 saturated carbocycles. The molecule has 1 atom stereocenters. The number of carbonyl (C=O) groups is 4. The van der Waals surface area contributed by atoms with Crippen LogP contribution in [0.3, 0.4) is 0 Å². The van der Waals surface area contributed by atoms with Gasteiger partial charge in [0.1, 0.15) is 0 Å². The van der Waals surface area contributed by atoms with E-state index in [1.807, 2.05) is 4.90 Å². The number of hydrogen-bond donors (Lipinski definition) is 5. The lowest BCUT2D eigenvalue weighted by Gasteiger charge is -2.28. The van der Waals surface area contributed by atoms with Gasteiger partial charge >= 0.3 is 17.9 Å². The van der Waals surface area contributed by atoms with Gasteiger partial charge in [-0.15, -0.1) is 0 Å². The molecule has 6 N–H and O–H groups in total. The molecule has 0 radical (unpaired) electrons. The zero-order valence-corrected chi connectivity index (χ0v) is 19.3. The van der Waals surface area contributed by atoms with E-state index in [0.29, 0.717) is 71.6 Å². The molecule has 1 aliphatic rings. The molecule has 1 heterocycles. The van der Waals surface area contributed by atoms with Crippen molar-refractivity contribution in [2.24, 2.45) is 11.7 Å². The van der Waals surface area contributed by atoms with E-state index in [0.717, 1.165) is 6.42 Å². The molecular weight excluding hydrogens is 434 g/mol. The summed E-state index contributed by atoms with van der Waals surface area (Å²) in [5.41, 5.74) is 5.44. The highest BCUT2D eigenvalue weighted by Crippen LogP contribution is 2.19. The van der Waals surface area contributed by atoms with Crippen molar-refractivity contribution in [2.45, 2.75) is 32.1 Å². The van der Waals surface area contributed by atoms with Gasteiger partial charge in [-0.3, -0.25) is 33.9 Å². The minimum Gasteiger partial charge on any atom is -0.481 e. The number of nitrogens with two attached hydrogens (primary N) is 1. The van der Waals surface area contributed by atoms with Gasteiger partial charge in [0, 0.05) is 45.7 Å². The van der Waals surface area contributed by atoms with E-state index in [-0.39, 0.29) is 37.9 Å². The Morgan fingerprint density at radius 1 is 0.758 bits per heavy atom. The lowest BCUT2D eigenvalue weighted by atomic mass is 9.93. The molecule has 0 aromatic rings. The molecule has 1 saturated heterocycles. The van der Waals surface area contributed by atoms with Crippen molar-refractivity contribution in [1.82, 2.24) is 20.0 Å². The largest absolute Gasteiger partial charge is 0.481 e. The summed E-state index contributed by atoms with van der Waals surface area (Å²) in [6, 6.07) is 0. The summed E-state index contributed by atoms with van der Waals surface area (Å²) in [5, 5.41) is 30.3. The highest BCUT2D eigenvalue weighted by molar-refractivity contribution is 5.78. The third kappa shape index (κ3) is 14.5. The third-order valence-corrected chi connectivity index (χ3v) is 5.72. The van der Waals surface area contributed by atoms with Crippen molar-refractivity contribution in [2.75, 3.05) is 72.0 Å². The van der Waals surface area contributed by atoms with Crippen LogP contribution in [0.2, 0.25) is 0 Å². The summed E-state index contributed by atoms with van der Waals surface area (Å²) in [4.78, 5) is 51.4. The highest BCUT2D eigenvalue weighted by Gasteiger charge is 2.20. The number of nitrogens with zero attached hydrogens (tertiary/aromatic N) is 3. The summed E-state index contributed by atoms with van der Waals surface area (Å²) in [6.07, 6.45) is 2.76. The zero-order valence-electron chi connectivity index (χ0n) is 19.3. The number of aliphatic carboxylic acids is 3. The predicted octanol–water partition coefficient (Wildman–Crippen LogP) is -1.20. The Morgan fingerprint density at radius 2 is 1.30 bits per heavy atom. The molecule has 190 valence electrons. The van der Waals surface area contributed by atoms with E-state index >= 15 is 0 Å². The van der Waals surface area contributed by atoms with Crippen LogP contribution in [0.5, 0.6) is 0 Å². The van der Waals surface area contributed by atoms with E-state index in [4.69, 9.17) is 10.8 Å². The number of amides is 1. The van der Waals surface area contributed by atoms with Crippen LogP contribution in [0.15, 0.2) is 0 Å². The Bertz CT molecular complexity index is 634. The Hall–Kier alpha value is -2.28. The van der Waals surface area contributed by atoms with Gasteiger partial charge in [0.25, 0.3) is 0 Å². The number of carboxylic acid groups (broad SMARTS) is 3. The van der Waals surface area contributed by atoms with Gasteiger partial charge in [-0.25, -0.2) is 0 Å². The molecule has 0 aromatic heterocycles. The van der Waals surface area contributed by atoms with Crippen LogP contribution in [-0.2, 0) is 19.2 Å². The van der Waals surface area contributed by atoms with Crippen molar-refractivity contribution in [3.63, 3.8) is 0 Å². The van der Waals surface area contributed by atoms with Gasteiger partial charge < -0.3 is 26.4 Å². The minimum absolute atomic E-state index is 0.0624. The standard InChI is InChI=1S/C21H39N5O7/c22-6-7-23-18(27)14-25-9-5-17(3-4-19(28)29)2-1-8-24(15-20(30)31)10-12-26(13-11-25)16-21(32)33/h17H,1-16,22H2,(H,23,27)(H,28,29)(H,30,31)(H,32,33). The molecule has 0 bridgehead atoms. The van der Waals surface area contributed by atoms with Crippen molar-refractivity contribution < 1.29 is 34.5 Å². The van der Waals surface area contributed by atoms with Gasteiger partial charge in [-0.05, 0) is 44.7 Å². The lowest BCUT2D eigenvalue weighted by molar-refractivity contribution is -0.140. The molecule has 0 aromatic carbocycles. The van der Waals surface area contributed by atoms with Crippen LogP contribution in [0.4, 0.5) is 0 Å². The van der Waals surface area contributed by atoms with E-state index in [2.05, 4.69) is 5.32 Å². The van der Waals surface area contributed by atoms with Gasteiger partial charge in [-0.2, -0.15) is 0 Å². The zero-order chi connectivity index (χ0) is 24.6. The van der Waals surface area contributed by atoms with Crippen molar-refractivity contribution >= 4 is 23.8 Å². The quantitative estimate of drug-likeness (QED) is 0.243.